The number of hydrogen-bond donors (Lipinski definition) is 2. The number of aromatic amines is 1. The van der Waals surface area contributed by atoms with Crippen LogP contribution in [0.1, 0.15) is 23.3 Å². The highest BCUT2D eigenvalue weighted by molar-refractivity contribution is 5.98. The van der Waals surface area contributed by atoms with E-state index in [0.717, 1.165) is 17.3 Å². The molecule has 1 fully saturated rings. The molecule has 5 nitrogen and oxygen atoms in total. The number of aliphatic carboxylic acids is 1. The SMILES string of the molecule is O=C(O)C1CCCN(C(=O)c2cc3ccccc3[nH]2)C1. The van der Waals surface area contributed by atoms with Crippen molar-refractivity contribution in [2.24, 2.45) is 5.92 Å². The van der Waals surface area contributed by atoms with Crippen molar-refractivity contribution in [2.45, 2.75) is 12.8 Å². The van der Waals surface area contributed by atoms with E-state index >= 15 is 0 Å². The zero-order chi connectivity index (χ0) is 14.1. The molecule has 1 atom stereocenters. The fraction of sp³-hybridized carbons (Fsp3) is 0.333. The average molecular weight is 272 g/mol. The molecule has 2 aromatic rings. The van der Waals surface area contributed by atoms with Gasteiger partial charge in [0.1, 0.15) is 5.69 Å². The lowest BCUT2D eigenvalue weighted by atomic mass is 9.98. The molecule has 20 heavy (non-hydrogen) atoms. The van der Waals surface area contributed by atoms with Crippen LogP contribution in [-0.4, -0.2) is 40.0 Å². The summed E-state index contributed by atoms with van der Waals surface area (Å²) < 4.78 is 0. The van der Waals surface area contributed by atoms with E-state index in [4.69, 9.17) is 5.11 Å². The first-order valence-electron chi connectivity index (χ1n) is 6.75. The number of amides is 1. The van der Waals surface area contributed by atoms with Gasteiger partial charge < -0.3 is 15.0 Å². The van der Waals surface area contributed by atoms with E-state index in [0.29, 0.717) is 25.2 Å². The van der Waals surface area contributed by atoms with Crippen LogP contribution in [0.2, 0.25) is 0 Å². The van der Waals surface area contributed by atoms with E-state index in [1.54, 1.807) is 4.90 Å². The number of nitrogens with zero attached hydrogens (tertiary/aromatic N) is 1. The summed E-state index contributed by atoms with van der Waals surface area (Å²) >= 11 is 0. The molecule has 1 aliphatic rings. The maximum atomic E-state index is 12.4. The smallest absolute Gasteiger partial charge is 0.308 e. The van der Waals surface area contributed by atoms with Gasteiger partial charge in [-0.15, -0.1) is 0 Å². The van der Waals surface area contributed by atoms with Crippen LogP contribution in [0.25, 0.3) is 10.9 Å². The van der Waals surface area contributed by atoms with E-state index in [-0.39, 0.29) is 5.91 Å². The molecule has 2 heterocycles. The number of piperidine rings is 1. The molecule has 104 valence electrons. The highest BCUT2D eigenvalue weighted by Crippen LogP contribution is 2.21. The molecule has 1 amide bonds. The summed E-state index contributed by atoms with van der Waals surface area (Å²) in [7, 11) is 0. The highest BCUT2D eigenvalue weighted by atomic mass is 16.4. The molecule has 0 saturated carbocycles. The van der Waals surface area contributed by atoms with Crippen LogP contribution >= 0.6 is 0 Å². The van der Waals surface area contributed by atoms with Crippen molar-refractivity contribution in [2.75, 3.05) is 13.1 Å². The lowest BCUT2D eigenvalue weighted by Gasteiger charge is -2.30. The Labute approximate surface area is 116 Å². The monoisotopic (exact) mass is 272 g/mol. The van der Waals surface area contributed by atoms with Crippen molar-refractivity contribution in [3.05, 3.63) is 36.0 Å². The number of likely N-dealkylation sites (tertiary alicyclic amines) is 1. The minimum absolute atomic E-state index is 0.118. The van der Waals surface area contributed by atoms with Crippen molar-refractivity contribution in [1.29, 1.82) is 0 Å². The number of rotatable bonds is 2. The maximum Gasteiger partial charge on any atom is 0.308 e. The fourth-order valence-corrected chi connectivity index (χ4v) is 2.72. The number of H-pyrrole nitrogens is 1. The van der Waals surface area contributed by atoms with Crippen LogP contribution < -0.4 is 0 Å². The first-order chi connectivity index (χ1) is 9.65. The van der Waals surface area contributed by atoms with Crippen LogP contribution in [0, 0.1) is 5.92 Å². The second-order valence-electron chi connectivity index (χ2n) is 5.20. The van der Waals surface area contributed by atoms with Gasteiger partial charge in [-0.05, 0) is 25.0 Å². The number of aromatic nitrogens is 1. The largest absolute Gasteiger partial charge is 0.481 e. The van der Waals surface area contributed by atoms with Crippen molar-refractivity contribution < 1.29 is 14.7 Å². The summed E-state index contributed by atoms with van der Waals surface area (Å²) in [4.78, 5) is 28.2. The Bertz CT molecular complexity index is 629. The predicted octanol–water partition coefficient (Wildman–Crippen LogP) is 2.10. The van der Waals surface area contributed by atoms with Crippen LogP contribution in [0.5, 0.6) is 0 Å². The summed E-state index contributed by atoms with van der Waals surface area (Å²) in [6, 6.07) is 9.52. The number of hydrogen-bond acceptors (Lipinski definition) is 2. The predicted molar refractivity (Wildman–Crippen MR) is 74.6 cm³/mol. The van der Waals surface area contributed by atoms with E-state index < -0.39 is 11.9 Å². The molecule has 1 unspecified atom stereocenters. The van der Waals surface area contributed by atoms with E-state index in [1.807, 2.05) is 30.3 Å². The van der Waals surface area contributed by atoms with Crippen molar-refractivity contribution >= 4 is 22.8 Å². The molecule has 0 spiro atoms. The van der Waals surface area contributed by atoms with Gasteiger partial charge in [0, 0.05) is 24.0 Å². The summed E-state index contributed by atoms with van der Waals surface area (Å²) in [6.45, 7) is 0.918. The normalized spacial score (nSPS) is 19.2. The first kappa shape index (κ1) is 12.7. The Kier molecular flexibility index (Phi) is 3.18. The second kappa shape index (κ2) is 5.00. The van der Waals surface area contributed by atoms with Gasteiger partial charge in [-0.25, -0.2) is 0 Å². The Morgan fingerprint density at radius 3 is 2.85 bits per heavy atom. The molecule has 1 aliphatic heterocycles. The van der Waals surface area contributed by atoms with Gasteiger partial charge in [-0.3, -0.25) is 9.59 Å². The Morgan fingerprint density at radius 2 is 2.10 bits per heavy atom. The molecule has 0 aliphatic carbocycles. The molecule has 2 N–H and O–H groups in total. The quantitative estimate of drug-likeness (QED) is 0.879. The van der Waals surface area contributed by atoms with Crippen LogP contribution in [0.15, 0.2) is 30.3 Å². The lowest BCUT2D eigenvalue weighted by Crippen LogP contribution is -2.42. The van der Waals surface area contributed by atoms with Crippen LogP contribution in [0.4, 0.5) is 0 Å². The third-order valence-electron chi connectivity index (χ3n) is 3.82. The Hall–Kier alpha value is -2.30. The number of carbonyl (C=O) groups is 2. The third-order valence-corrected chi connectivity index (χ3v) is 3.82. The molecule has 0 bridgehead atoms. The molecule has 5 heteroatoms. The van der Waals surface area contributed by atoms with Gasteiger partial charge in [0.25, 0.3) is 5.91 Å². The maximum absolute atomic E-state index is 12.4. The summed E-state index contributed by atoms with van der Waals surface area (Å²) in [5.74, 6) is -1.39. The van der Waals surface area contributed by atoms with Crippen molar-refractivity contribution in [3.63, 3.8) is 0 Å². The average Bonchev–Trinajstić information content (AvgIpc) is 2.90. The van der Waals surface area contributed by atoms with Gasteiger partial charge in [-0.1, -0.05) is 18.2 Å². The molecule has 3 rings (SSSR count). The third kappa shape index (κ3) is 2.27. The van der Waals surface area contributed by atoms with Gasteiger partial charge >= 0.3 is 5.97 Å². The standard InChI is InChI=1S/C15H16N2O3/c18-14(17-7-3-5-11(9-17)15(19)20)13-8-10-4-1-2-6-12(10)16-13/h1-2,4,6,8,11,16H,3,5,7,9H2,(H,19,20). The first-order valence-corrected chi connectivity index (χ1v) is 6.75. The molecule has 1 aromatic carbocycles. The summed E-state index contributed by atoms with van der Waals surface area (Å²) in [5.41, 5.74) is 1.44. The number of carboxylic acid groups (broad SMARTS) is 1. The zero-order valence-electron chi connectivity index (χ0n) is 11.0. The number of carboxylic acids is 1. The second-order valence-corrected chi connectivity index (χ2v) is 5.20. The van der Waals surface area contributed by atoms with Gasteiger partial charge in [-0.2, -0.15) is 0 Å². The summed E-state index contributed by atoms with van der Waals surface area (Å²) in [5, 5.41) is 10.1. The number of carbonyl (C=O) groups excluding carboxylic acids is 1. The van der Waals surface area contributed by atoms with Gasteiger partial charge in [0.15, 0.2) is 0 Å². The van der Waals surface area contributed by atoms with Crippen LogP contribution in [0.3, 0.4) is 0 Å². The number of para-hydroxylation sites is 1. The zero-order valence-corrected chi connectivity index (χ0v) is 11.0. The van der Waals surface area contributed by atoms with E-state index in [9.17, 15) is 9.59 Å². The van der Waals surface area contributed by atoms with Crippen molar-refractivity contribution in [1.82, 2.24) is 9.88 Å². The van der Waals surface area contributed by atoms with E-state index in [1.165, 1.54) is 0 Å². The van der Waals surface area contributed by atoms with Gasteiger partial charge in [0.05, 0.1) is 5.92 Å². The van der Waals surface area contributed by atoms with E-state index in [2.05, 4.69) is 4.98 Å². The number of nitrogens with one attached hydrogen (secondary N) is 1. The topological polar surface area (TPSA) is 73.4 Å². The Morgan fingerprint density at radius 1 is 1.30 bits per heavy atom. The molecular weight excluding hydrogens is 256 g/mol. The summed E-state index contributed by atoms with van der Waals surface area (Å²) in [6.07, 6.45) is 1.38. The number of benzene rings is 1. The molecule has 1 saturated heterocycles. The minimum Gasteiger partial charge on any atom is -0.481 e. The number of fused-ring (bicyclic) bond motifs is 1. The lowest BCUT2D eigenvalue weighted by molar-refractivity contribution is -0.143. The minimum atomic E-state index is -0.820. The highest BCUT2D eigenvalue weighted by Gasteiger charge is 2.29. The van der Waals surface area contributed by atoms with Gasteiger partial charge in [0.2, 0.25) is 0 Å². The molecule has 0 radical (unpaired) electrons. The van der Waals surface area contributed by atoms with Crippen LogP contribution in [-0.2, 0) is 4.79 Å². The fourth-order valence-electron chi connectivity index (χ4n) is 2.72. The molecule has 1 aromatic heterocycles. The Balaban J connectivity index is 1.82. The molecular formula is C15H16N2O3. The van der Waals surface area contributed by atoms with Crippen molar-refractivity contribution in [3.8, 4) is 0 Å².